The minimum atomic E-state index is -1.04. The van der Waals surface area contributed by atoms with E-state index in [2.05, 4.69) is 15.5 Å². The minimum Gasteiger partial charge on any atom is -0.424 e. The molecule has 1 N–H and O–H groups in total. The van der Waals surface area contributed by atoms with Crippen molar-refractivity contribution in [3.05, 3.63) is 34.2 Å². The molecule has 1 fully saturated rings. The lowest BCUT2D eigenvalue weighted by atomic mass is 9.95. The second-order valence-electron chi connectivity index (χ2n) is 4.67. The molecule has 20 heavy (non-hydrogen) atoms. The molecule has 3 amide bonds. The van der Waals surface area contributed by atoms with Gasteiger partial charge in [-0.25, -0.2) is 4.79 Å². The molecule has 0 spiro atoms. The maximum Gasteiger partial charge on any atom is 0.325 e. The third-order valence-electron chi connectivity index (χ3n) is 3.23. The predicted octanol–water partition coefficient (Wildman–Crippen LogP) is 1.41. The maximum atomic E-state index is 12.5. The van der Waals surface area contributed by atoms with Gasteiger partial charge >= 0.3 is 6.03 Å². The summed E-state index contributed by atoms with van der Waals surface area (Å²) in [5, 5.41) is 13.9. The average molecular weight is 292 g/mol. The van der Waals surface area contributed by atoms with Gasteiger partial charge in [0.1, 0.15) is 12.1 Å². The molecule has 0 radical (unpaired) electrons. The lowest BCUT2D eigenvalue weighted by molar-refractivity contribution is -0.131. The zero-order valence-electron chi connectivity index (χ0n) is 10.9. The van der Waals surface area contributed by atoms with E-state index >= 15 is 0 Å². The van der Waals surface area contributed by atoms with E-state index in [1.54, 1.807) is 13.8 Å². The minimum absolute atomic E-state index is 0.0226. The van der Waals surface area contributed by atoms with Crippen LogP contribution in [0.5, 0.6) is 0 Å². The van der Waals surface area contributed by atoms with Crippen molar-refractivity contribution in [3.8, 4) is 0 Å². The maximum absolute atomic E-state index is 12.5. The molecule has 8 heteroatoms. The summed E-state index contributed by atoms with van der Waals surface area (Å²) >= 11 is 1.47. The van der Waals surface area contributed by atoms with E-state index in [1.807, 2.05) is 16.8 Å². The molecule has 1 aliphatic rings. The number of hydrogen-bond donors (Lipinski definition) is 1. The molecular weight excluding hydrogens is 280 g/mol. The van der Waals surface area contributed by atoms with Gasteiger partial charge in [-0.2, -0.15) is 11.3 Å². The van der Waals surface area contributed by atoms with Crippen LogP contribution in [0.2, 0.25) is 0 Å². The molecule has 1 unspecified atom stereocenters. The van der Waals surface area contributed by atoms with Gasteiger partial charge in [0.15, 0.2) is 0 Å². The summed E-state index contributed by atoms with van der Waals surface area (Å²) in [5.74, 6) is 0.310. The Hall–Kier alpha value is -2.22. The Morgan fingerprint density at radius 1 is 1.45 bits per heavy atom. The van der Waals surface area contributed by atoms with Crippen LogP contribution in [0.25, 0.3) is 0 Å². The Kier molecular flexibility index (Phi) is 2.82. The number of urea groups is 1. The normalized spacial score (nSPS) is 22.4. The highest BCUT2D eigenvalue weighted by atomic mass is 32.1. The monoisotopic (exact) mass is 292 g/mol. The van der Waals surface area contributed by atoms with Crippen molar-refractivity contribution in [2.45, 2.75) is 25.9 Å². The summed E-state index contributed by atoms with van der Waals surface area (Å²) in [6.07, 6.45) is 0. The summed E-state index contributed by atoms with van der Waals surface area (Å²) in [5.41, 5.74) is -0.267. The molecule has 2 aromatic rings. The fourth-order valence-corrected chi connectivity index (χ4v) is 2.89. The number of imide groups is 1. The molecule has 0 saturated carbocycles. The van der Waals surface area contributed by atoms with Gasteiger partial charge in [0.2, 0.25) is 11.8 Å². The molecule has 7 nitrogen and oxygen atoms in total. The Morgan fingerprint density at radius 2 is 2.25 bits per heavy atom. The van der Waals surface area contributed by atoms with Crippen molar-refractivity contribution in [1.29, 1.82) is 0 Å². The third-order valence-corrected chi connectivity index (χ3v) is 3.92. The number of amides is 3. The third kappa shape index (κ3) is 1.88. The Morgan fingerprint density at radius 3 is 2.85 bits per heavy atom. The Bertz CT molecular complexity index is 666. The number of carbonyl (C=O) groups is 2. The van der Waals surface area contributed by atoms with Crippen LogP contribution in [0.4, 0.5) is 4.79 Å². The smallest absolute Gasteiger partial charge is 0.325 e. The number of thiophene rings is 1. The van der Waals surface area contributed by atoms with Crippen LogP contribution in [-0.2, 0) is 16.9 Å². The highest BCUT2D eigenvalue weighted by molar-refractivity contribution is 7.08. The first-order valence-electron chi connectivity index (χ1n) is 5.96. The van der Waals surface area contributed by atoms with E-state index in [0.717, 1.165) is 10.5 Å². The van der Waals surface area contributed by atoms with E-state index in [-0.39, 0.29) is 18.3 Å². The highest BCUT2D eigenvalue weighted by Gasteiger charge is 2.49. The van der Waals surface area contributed by atoms with Gasteiger partial charge in [0, 0.05) is 6.92 Å². The molecule has 0 aliphatic carbocycles. The van der Waals surface area contributed by atoms with Crippen LogP contribution in [0.3, 0.4) is 0 Å². The summed E-state index contributed by atoms with van der Waals surface area (Å²) in [6.45, 7) is 3.32. The molecule has 0 bridgehead atoms. The van der Waals surface area contributed by atoms with Gasteiger partial charge in [-0.1, -0.05) is 0 Å². The predicted molar refractivity (Wildman–Crippen MR) is 69.8 cm³/mol. The number of hydrogen-bond acceptors (Lipinski definition) is 6. The summed E-state index contributed by atoms with van der Waals surface area (Å²) in [4.78, 5) is 25.6. The fourth-order valence-electron chi connectivity index (χ4n) is 2.12. The van der Waals surface area contributed by atoms with Crippen LogP contribution >= 0.6 is 11.3 Å². The molecule has 1 atom stereocenters. The van der Waals surface area contributed by atoms with Crippen molar-refractivity contribution >= 4 is 23.3 Å². The number of aromatic nitrogens is 2. The number of carbonyl (C=O) groups excluding carboxylic acids is 2. The molecule has 1 saturated heterocycles. The lowest BCUT2D eigenvalue weighted by Gasteiger charge is -2.20. The highest BCUT2D eigenvalue weighted by Crippen LogP contribution is 2.30. The number of nitrogens with zero attached hydrogens (tertiary/aromatic N) is 3. The van der Waals surface area contributed by atoms with E-state index in [1.165, 1.54) is 11.3 Å². The van der Waals surface area contributed by atoms with Crippen LogP contribution in [0.15, 0.2) is 21.2 Å². The van der Waals surface area contributed by atoms with Crippen LogP contribution < -0.4 is 5.32 Å². The molecule has 0 aromatic carbocycles. The summed E-state index contributed by atoms with van der Waals surface area (Å²) < 4.78 is 5.21. The summed E-state index contributed by atoms with van der Waals surface area (Å²) in [6, 6.07) is 1.36. The fraction of sp³-hybridized carbons (Fsp3) is 0.333. The van der Waals surface area contributed by atoms with Crippen molar-refractivity contribution in [2.24, 2.45) is 0 Å². The molecular formula is C12H12N4O3S. The number of aryl methyl sites for hydroxylation is 1. The van der Waals surface area contributed by atoms with Crippen molar-refractivity contribution in [3.63, 3.8) is 0 Å². The van der Waals surface area contributed by atoms with Crippen molar-refractivity contribution < 1.29 is 14.0 Å². The zero-order chi connectivity index (χ0) is 14.3. The quantitative estimate of drug-likeness (QED) is 0.864. The summed E-state index contributed by atoms with van der Waals surface area (Å²) in [7, 11) is 0. The first-order valence-corrected chi connectivity index (χ1v) is 6.91. The molecule has 2 aromatic heterocycles. The Balaban J connectivity index is 1.87. The molecule has 3 rings (SSSR count). The van der Waals surface area contributed by atoms with E-state index < -0.39 is 11.6 Å². The van der Waals surface area contributed by atoms with Gasteiger partial charge in [-0.3, -0.25) is 9.69 Å². The average Bonchev–Trinajstić information content (AvgIpc) is 3.09. The zero-order valence-corrected chi connectivity index (χ0v) is 11.7. The Labute approximate surface area is 118 Å². The molecule has 3 heterocycles. The molecule has 104 valence electrons. The molecule has 1 aliphatic heterocycles. The van der Waals surface area contributed by atoms with Crippen molar-refractivity contribution in [2.75, 3.05) is 0 Å². The van der Waals surface area contributed by atoms with Gasteiger partial charge in [0.05, 0.1) is 0 Å². The standard InChI is InChI=1S/C12H12N4O3S/c1-7-14-15-9(19-7)5-16-10(17)12(2,13-11(16)18)8-3-4-20-6-8/h3-4,6H,5H2,1-2H3,(H,13,18). The largest absolute Gasteiger partial charge is 0.424 e. The number of rotatable bonds is 3. The SMILES string of the molecule is Cc1nnc(CN2C(=O)NC(C)(c3ccsc3)C2=O)o1. The topological polar surface area (TPSA) is 88.3 Å². The van der Waals surface area contributed by atoms with Gasteiger partial charge in [-0.15, -0.1) is 10.2 Å². The van der Waals surface area contributed by atoms with E-state index in [9.17, 15) is 9.59 Å². The second-order valence-corrected chi connectivity index (χ2v) is 5.45. The van der Waals surface area contributed by atoms with Crippen LogP contribution in [0.1, 0.15) is 24.3 Å². The number of nitrogens with one attached hydrogen (secondary N) is 1. The first-order chi connectivity index (χ1) is 9.50. The van der Waals surface area contributed by atoms with Crippen molar-refractivity contribution in [1.82, 2.24) is 20.4 Å². The van der Waals surface area contributed by atoms with Gasteiger partial charge < -0.3 is 9.73 Å². The van der Waals surface area contributed by atoms with Gasteiger partial charge in [-0.05, 0) is 29.3 Å². The van der Waals surface area contributed by atoms with E-state index in [0.29, 0.717) is 5.89 Å². The lowest BCUT2D eigenvalue weighted by Crippen LogP contribution is -2.40. The van der Waals surface area contributed by atoms with Gasteiger partial charge in [0.25, 0.3) is 5.91 Å². The van der Waals surface area contributed by atoms with Crippen LogP contribution in [0, 0.1) is 6.92 Å². The first kappa shape index (κ1) is 12.8. The van der Waals surface area contributed by atoms with E-state index in [4.69, 9.17) is 4.42 Å². The second kappa shape index (κ2) is 4.41. The van der Waals surface area contributed by atoms with Crippen LogP contribution in [-0.4, -0.2) is 27.0 Å².